The maximum atomic E-state index is 12.8. The van der Waals surface area contributed by atoms with Crippen molar-refractivity contribution in [2.45, 2.75) is 25.3 Å². The third kappa shape index (κ3) is 4.79. The van der Waals surface area contributed by atoms with Crippen LogP contribution in [0, 0.1) is 5.82 Å². The van der Waals surface area contributed by atoms with Gasteiger partial charge in [-0.1, -0.05) is 0 Å². The highest BCUT2D eigenvalue weighted by Gasteiger charge is 2.23. The molecule has 0 aliphatic carbocycles. The molecule has 1 aromatic rings. The van der Waals surface area contributed by atoms with E-state index in [9.17, 15) is 14.0 Å². The summed E-state index contributed by atoms with van der Waals surface area (Å²) in [4.78, 5) is 25.6. The number of halogens is 2. The van der Waals surface area contributed by atoms with Gasteiger partial charge in [0.1, 0.15) is 5.82 Å². The average molecular weight is 315 g/mol. The van der Waals surface area contributed by atoms with Crippen LogP contribution in [0.1, 0.15) is 29.6 Å². The zero-order valence-corrected chi connectivity index (χ0v) is 12.8. The number of hydrogen-bond donors (Lipinski definition) is 1. The van der Waals surface area contributed by atoms with E-state index in [-0.39, 0.29) is 48.8 Å². The van der Waals surface area contributed by atoms with E-state index >= 15 is 0 Å². The standard InChI is InChI=1S/C15H19FN2O2.ClH/c1-18(13-8-9-17-10-13)15(20)7-6-14(19)11-2-4-12(16)5-3-11;/h2-5,13,17H,6-10H2,1H3;1H. The van der Waals surface area contributed by atoms with Crippen LogP contribution in [0.15, 0.2) is 24.3 Å². The number of rotatable bonds is 5. The van der Waals surface area contributed by atoms with Crippen LogP contribution >= 0.6 is 12.4 Å². The summed E-state index contributed by atoms with van der Waals surface area (Å²) in [6, 6.07) is 5.64. The summed E-state index contributed by atoms with van der Waals surface area (Å²) in [5.74, 6) is -0.517. The number of carbonyl (C=O) groups excluding carboxylic acids is 2. The van der Waals surface area contributed by atoms with E-state index < -0.39 is 0 Å². The van der Waals surface area contributed by atoms with Crippen LogP contribution in [0.2, 0.25) is 0 Å². The number of hydrogen-bond acceptors (Lipinski definition) is 3. The van der Waals surface area contributed by atoms with E-state index in [0.717, 1.165) is 19.5 Å². The number of benzene rings is 1. The molecule has 1 saturated heterocycles. The number of likely N-dealkylation sites (N-methyl/N-ethyl adjacent to an activating group) is 1. The molecule has 2 rings (SSSR count). The lowest BCUT2D eigenvalue weighted by Gasteiger charge is -2.23. The second-order valence-electron chi connectivity index (χ2n) is 5.08. The predicted molar refractivity (Wildman–Crippen MR) is 81.3 cm³/mol. The van der Waals surface area contributed by atoms with Gasteiger partial charge in [-0.15, -0.1) is 12.4 Å². The van der Waals surface area contributed by atoms with E-state index in [1.54, 1.807) is 11.9 Å². The fourth-order valence-electron chi connectivity index (χ4n) is 2.35. The Morgan fingerprint density at radius 2 is 1.95 bits per heavy atom. The molecule has 1 fully saturated rings. The number of carbonyl (C=O) groups is 2. The Labute approximate surface area is 130 Å². The van der Waals surface area contributed by atoms with Crippen molar-refractivity contribution in [2.24, 2.45) is 0 Å². The predicted octanol–water partition coefficient (Wildman–Crippen LogP) is 2.03. The molecule has 116 valence electrons. The van der Waals surface area contributed by atoms with Gasteiger partial charge in [-0.3, -0.25) is 9.59 Å². The first kappa shape index (κ1) is 17.6. The molecule has 21 heavy (non-hydrogen) atoms. The monoisotopic (exact) mass is 314 g/mol. The Balaban J connectivity index is 0.00000220. The molecule has 1 aliphatic rings. The first-order valence-corrected chi connectivity index (χ1v) is 6.83. The minimum atomic E-state index is -0.369. The van der Waals surface area contributed by atoms with Gasteiger partial charge in [0.15, 0.2) is 5.78 Å². The molecule has 1 atom stereocenters. The van der Waals surface area contributed by atoms with Gasteiger partial charge >= 0.3 is 0 Å². The lowest BCUT2D eigenvalue weighted by Crippen LogP contribution is -2.38. The second-order valence-corrected chi connectivity index (χ2v) is 5.08. The normalized spacial score (nSPS) is 17.1. The fourth-order valence-corrected chi connectivity index (χ4v) is 2.35. The third-order valence-electron chi connectivity index (χ3n) is 3.71. The summed E-state index contributed by atoms with van der Waals surface area (Å²) in [6.45, 7) is 1.74. The first-order valence-electron chi connectivity index (χ1n) is 6.83. The van der Waals surface area contributed by atoms with Crippen LogP contribution in [-0.4, -0.2) is 42.8 Å². The number of nitrogens with zero attached hydrogens (tertiary/aromatic N) is 1. The lowest BCUT2D eigenvalue weighted by molar-refractivity contribution is -0.131. The van der Waals surface area contributed by atoms with Crippen molar-refractivity contribution in [2.75, 3.05) is 20.1 Å². The Bertz CT molecular complexity index is 487. The number of nitrogens with one attached hydrogen (secondary N) is 1. The van der Waals surface area contributed by atoms with E-state index in [4.69, 9.17) is 0 Å². The highest BCUT2D eigenvalue weighted by atomic mass is 35.5. The largest absolute Gasteiger partial charge is 0.341 e. The van der Waals surface area contributed by atoms with Crippen molar-refractivity contribution in [3.8, 4) is 0 Å². The maximum Gasteiger partial charge on any atom is 0.223 e. The molecule has 1 amide bonds. The van der Waals surface area contributed by atoms with Crippen molar-refractivity contribution in [3.05, 3.63) is 35.6 Å². The van der Waals surface area contributed by atoms with Gasteiger partial charge < -0.3 is 10.2 Å². The Kier molecular flexibility index (Phi) is 6.78. The summed E-state index contributed by atoms with van der Waals surface area (Å²) in [5.41, 5.74) is 0.449. The quantitative estimate of drug-likeness (QED) is 0.846. The van der Waals surface area contributed by atoms with E-state index in [1.807, 2.05) is 0 Å². The van der Waals surface area contributed by atoms with Crippen LogP contribution in [0.5, 0.6) is 0 Å². The van der Waals surface area contributed by atoms with Gasteiger partial charge in [0, 0.05) is 38.0 Å². The topological polar surface area (TPSA) is 49.4 Å². The summed E-state index contributed by atoms with van der Waals surface area (Å²) in [5, 5.41) is 3.21. The summed E-state index contributed by atoms with van der Waals surface area (Å²) in [6.07, 6.45) is 1.31. The molecule has 4 nitrogen and oxygen atoms in total. The van der Waals surface area contributed by atoms with Gasteiger partial charge in [0.2, 0.25) is 5.91 Å². The SMILES string of the molecule is CN(C(=O)CCC(=O)c1ccc(F)cc1)C1CCNC1.Cl. The number of Topliss-reactive ketones (excluding diaryl/α,β-unsaturated/α-hetero) is 1. The molecule has 6 heteroatoms. The minimum Gasteiger partial charge on any atom is -0.341 e. The van der Waals surface area contributed by atoms with Crippen molar-refractivity contribution in [1.29, 1.82) is 0 Å². The molecule has 1 N–H and O–H groups in total. The smallest absolute Gasteiger partial charge is 0.223 e. The number of amides is 1. The zero-order chi connectivity index (χ0) is 14.5. The second kappa shape index (κ2) is 8.10. The van der Waals surface area contributed by atoms with Crippen LogP contribution in [-0.2, 0) is 4.79 Å². The number of ketones is 1. The van der Waals surface area contributed by atoms with Crippen molar-refractivity contribution in [1.82, 2.24) is 10.2 Å². The molecule has 1 heterocycles. The zero-order valence-electron chi connectivity index (χ0n) is 12.0. The maximum absolute atomic E-state index is 12.8. The van der Waals surface area contributed by atoms with Gasteiger partial charge in [-0.25, -0.2) is 4.39 Å². The van der Waals surface area contributed by atoms with E-state index in [2.05, 4.69) is 5.32 Å². The van der Waals surface area contributed by atoms with Gasteiger partial charge in [0.25, 0.3) is 0 Å². The Morgan fingerprint density at radius 3 is 2.52 bits per heavy atom. The molecule has 0 spiro atoms. The molecule has 1 aromatic carbocycles. The summed E-state index contributed by atoms with van der Waals surface area (Å²) in [7, 11) is 1.78. The van der Waals surface area contributed by atoms with Crippen LogP contribution in [0.3, 0.4) is 0 Å². The van der Waals surface area contributed by atoms with Gasteiger partial charge in [-0.2, -0.15) is 0 Å². The van der Waals surface area contributed by atoms with E-state index in [0.29, 0.717) is 5.56 Å². The van der Waals surface area contributed by atoms with Crippen molar-refractivity contribution >= 4 is 24.1 Å². The molecule has 1 aliphatic heterocycles. The summed E-state index contributed by atoms with van der Waals surface area (Å²) >= 11 is 0. The van der Waals surface area contributed by atoms with Crippen LogP contribution in [0.4, 0.5) is 4.39 Å². The van der Waals surface area contributed by atoms with Crippen LogP contribution in [0.25, 0.3) is 0 Å². The minimum absolute atomic E-state index is 0. The molecule has 1 unspecified atom stereocenters. The molecule has 0 radical (unpaired) electrons. The van der Waals surface area contributed by atoms with Crippen molar-refractivity contribution in [3.63, 3.8) is 0 Å². The molecular formula is C15H20ClFN2O2. The van der Waals surface area contributed by atoms with Crippen LogP contribution < -0.4 is 5.32 Å². The highest BCUT2D eigenvalue weighted by molar-refractivity contribution is 5.97. The van der Waals surface area contributed by atoms with Gasteiger partial charge in [-0.05, 0) is 37.2 Å². The lowest BCUT2D eigenvalue weighted by atomic mass is 10.1. The Morgan fingerprint density at radius 1 is 1.29 bits per heavy atom. The van der Waals surface area contributed by atoms with Crippen molar-refractivity contribution < 1.29 is 14.0 Å². The fraction of sp³-hybridized carbons (Fsp3) is 0.467. The Hall–Kier alpha value is -1.46. The third-order valence-corrected chi connectivity index (χ3v) is 3.71. The van der Waals surface area contributed by atoms with E-state index in [1.165, 1.54) is 24.3 Å². The highest BCUT2D eigenvalue weighted by Crippen LogP contribution is 2.11. The molecule has 0 bridgehead atoms. The average Bonchev–Trinajstić information content (AvgIpc) is 2.98. The molecular weight excluding hydrogens is 295 g/mol. The molecule has 0 saturated carbocycles. The van der Waals surface area contributed by atoms with Gasteiger partial charge in [0.05, 0.1) is 0 Å². The summed E-state index contributed by atoms with van der Waals surface area (Å²) < 4.78 is 12.8. The first-order chi connectivity index (χ1) is 9.58. The molecule has 0 aromatic heterocycles.